The molecule has 0 amide bonds. The van der Waals surface area contributed by atoms with Crippen molar-refractivity contribution < 1.29 is 4.79 Å². The number of carbonyl (C=O) groups excluding carboxylic acids is 1. The average Bonchev–Trinajstić information content (AvgIpc) is 1.61. The number of unbranched alkanes of at least 4 members (excludes halogenated alkanes) is 2. The first kappa shape index (κ1) is 10.6. The van der Waals surface area contributed by atoms with Crippen LogP contribution in [-0.4, -0.2) is 35.8 Å². The Morgan fingerprint density at radius 1 is 1.57 bits per heavy atom. The number of aldehydes is 1. The molecule has 0 rings (SSSR count). The monoisotopic (exact) mass is 109 g/mol. The predicted molar refractivity (Wildman–Crippen MR) is 31.3 cm³/mol. The normalized spacial score (nSPS) is 7.00. The molecule has 0 aromatic heterocycles. The van der Waals surface area contributed by atoms with Gasteiger partial charge in [0.15, 0.2) is 0 Å². The summed E-state index contributed by atoms with van der Waals surface area (Å²) < 4.78 is 0. The Hall–Kier alpha value is 0.670. The van der Waals surface area contributed by atoms with Crippen LogP contribution in [0.1, 0.15) is 26.2 Å². The maximum absolute atomic E-state index is 9.56. The first-order valence-electron chi connectivity index (χ1n) is 2.35. The molecule has 0 spiro atoms. The Balaban J connectivity index is 0. The van der Waals surface area contributed by atoms with E-state index in [1.165, 1.54) is 0 Å². The van der Waals surface area contributed by atoms with E-state index in [1.807, 2.05) is 0 Å². The van der Waals surface area contributed by atoms with Gasteiger partial charge < -0.3 is 4.79 Å². The summed E-state index contributed by atoms with van der Waals surface area (Å²) in [4.78, 5) is 9.56. The molecule has 0 aliphatic rings. The third-order valence-electron chi connectivity index (χ3n) is 0.676. The quantitative estimate of drug-likeness (QED) is 0.300. The summed E-state index contributed by atoms with van der Waals surface area (Å²) in [7, 11) is 0. The van der Waals surface area contributed by atoms with Crippen LogP contribution in [0.15, 0.2) is 0 Å². The summed E-state index contributed by atoms with van der Waals surface area (Å²) >= 11 is 0. The Kier molecular flexibility index (Phi) is 14.9. The fraction of sp³-hybridized carbons (Fsp3) is 0.800. The van der Waals surface area contributed by atoms with E-state index in [9.17, 15) is 4.79 Å². The molecule has 7 heavy (non-hydrogen) atoms. The zero-order valence-electron chi connectivity index (χ0n) is 5.11. The van der Waals surface area contributed by atoms with Crippen LogP contribution in [0.25, 0.3) is 0 Å². The number of hydrogen-bond donors (Lipinski definition) is 0. The fourth-order valence-electron chi connectivity index (χ4n) is 0.287. The second kappa shape index (κ2) is 9.83. The molecule has 2 heteroatoms. The number of hydrogen-bond acceptors (Lipinski definition) is 1. The van der Waals surface area contributed by atoms with Gasteiger partial charge in [0.1, 0.15) is 6.29 Å². The average molecular weight is 109 g/mol. The molecule has 0 aliphatic carbocycles. The van der Waals surface area contributed by atoms with Crippen LogP contribution in [0.5, 0.6) is 0 Å². The minimum absolute atomic E-state index is 0. The largest absolute Gasteiger partial charge is 0.303 e. The summed E-state index contributed by atoms with van der Waals surface area (Å²) in [5.41, 5.74) is 0. The van der Waals surface area contributed by atoms with Crippen molar-refractivity contribution in [2.75, 3.05) is 0 Å². The van der Waals surface area contributed by atoms with Crippen LogP contribution in [0.2, 0.25) is 0 Å². The Morgan fingerprint density at radius 2 is 2.14 bits per heavy atom. The zero-order chi connectivity index (χ0) is 4.83. The van der Waals surface area contributed by atoms with E-state index in [0.29, 0.717) is 0 Å². The molecule has 0 fully saturated rings. The Morgan fingerprint density at radius 3 is 2.29 bits per heavy atom. The second-order valence-electron chi connectivity index (χ2n) is 1.31. The van der Waals surface area contributed by atoms with Gasteiger partial charge in [0.05, 0.1) is 0 Å². The van der Waals surface area contributed by atoms with E-state index in [1.54, 1.807) is 0 Å². The van der Waals surface area contributed by atoms with Crippen LogP contribution in [0, 0.1) is 0 Å². The van der Waals surface area contributed by atoms with Gasteiger partial charge in [0, 0.05) is 36.0 Å². The van der Waals surface area contributed by atoms with Gasteiger partial charge in [-0.15, -0.1) is 0 Å². The standard InChI is InChI=1S/C5H10O.Na/c1-2-3-4-5-6;/h5H,2-4H2,1H3;. The van der Waals surface area contributed by atoms with Crippen molar-refractivity contribution in [1.29, 1.82) is 0 Å². The summed E-state index contributed by atoms with van der Waals surface area (Å²) in [6.45, 7) is 2.07. The molecule has 37 valence electrons. The van der Waals surface area contributed by atoms with Crippen LogP contribution in [0.4, 0.5) is 0 Å². The Bertz CT molecular complexity index is 37.1. The smallest absolute Gasteiger partial charge is 0.119 e. The molecule has 0 aliphatic heterocycles. The molecule has 0 bridgehead atoms. The fourth-order valence-corrected chi connectivity index (χ4v) is 0.287. The predicted octanol–water partition coefficient (Wildman–Crippen LogP) is 0.995. The van der Waals surface area contributed by atoms with Crippen LogP contribution >= 0.6 is 0 Å². The van der Waals surface area contributed by atoms with Gasteiger partial charge in [-0.1, -0.05) is 13.3 Å². The summed E-state index contributed by atoms with van der Waals surface area (Å²) in [6.07, 6.45) is 3.86. The number of carbonyl (C=O) groups is 1. The molecule has 0 heterocycles. The van der Waals surface area contributed by atoms with Crippen molar-refractivity contribution in [3.8, 4) is 0 Å². The van der Waals surface area contributed by atoms with Gasteiger partial charge >= 0.3 is 0 Å². The van der Waals surface area contributed by atoms with Crippen molar-refractivity contribution >= 4 is 35.8 Å². The first-order valence-corrected chi connectivity index (χ1v) is 2.35. The molecule has 0 aromatic carbocycles. The minimum Gasteiger partial charge on any atom is -0.303 e. The summed E-state index contributed by atoms with van der Waals surface area (Å²) in [5.74, 6) is 0. The SMILES string of the molecule is CCCCC=O.[Na]. The Labute approximate surface area is 66.8 Å². The maximum atomic E-state index is 9.56. The molecular weight excluding hydrogens is 99.0 g/mol. The van der Waals surface area contributed by atoms with Crippen LogP contribution in [-0.2, 0) is 4.79 Å². The second-order valence-corrected chi connectivity index (χ2v) is 1.31. The summed E-state index contributed by atoms with van der Waals surface area (Å²) in [6, 6.07) is 0. The van der Waals surface area contributed by atoms with Crippen molar-refractivity contribution in [3.63, 3.8) is 0 Å². The molecule has 0 saturated carbocycles. The minimum atomic E-state index is 0. The number of rotatable bonds is 3. The van der Waals surface area contributed by atoms with Gasteiger partial charge in [-0.25, -0.2) is 0 Å². The van der Waals surface area contributed by atoms with Gasteiger partial charge in [-0.3, -0.25) is 0 Å². The van der Waals surface area contributed by atoms with E-state index >= 15 is 0 Å². The molecular formula is C5H10NaO. The van der Waals surface area contributed by atoms with E-state index in [-0.39, 0.29) is 29.6 Å². The van der Waals surface area contributed by atoms with Gasteiger partial charge in [-0.2, -0.15) is 0 Å². The summed E-state index contributed by atoms with van der Waals surface area (Å²) in [5, 5.41) is 0. The third-order valence-corrected chi connectivity index (χ3v) is 0.676. The van der Waals surface area contributed by atoms with Gasteiger partial charge in [0.25, 0.3) is 0 Å². The van der Waals surface area contributed by atoms with Gasteiger partial charge in [-0.05, 0) is 6.42 Å². The molecule has 0 unspecified atom stereocenters. The van der Waals surface area contributed by atoms with Gasteiger partial charge in [0.2, 0.25) is 0 Å². The molecule has 0 N–H and O–H groups in total. The molecule has 0 aromatic rings. The molecule has 1 nitrogen and oxygen atoms in total. The van der Waals surface area contributed by atoms with Crippen molar-refractivity contribution in [3.05, 3.63) is 0 Å². The van der Waals surface area contributed by atoms with Crippen molar-refractivity contribution in [2.24, 2.45) is 0 Å². The topological polar surface area (TPSA) is 17.1 Å². The van der Waals surface area contributed by atoms with E-state index in [0.717, 1.165) is 25.5 Å². The van der Waals surface area contributed by atoms with Crippen molar-refractivity contribution in [2.45, 2.75) is 26.2 Å². The van der Waals surface area contributed by atoms with E-state index in [2.05, 4.69) is 6.92 Å². The first-order chi connectivity index (χ1) is 2.91. The molecule has 1 radical (unpaired) electrons. The third kappa shape index (κ3) is 10.8. The zero-order valence-corrected chi connectivity index (χ0v) is 7.11. The molecule has 0 saturated heterocycles. The van der Waals surface area contributed by atoms with Crippen molar-refractivity contribution in [1.82, 2.24) is 0 Å². The van der Waals surface area contributed by atoms with E-state index < -0.39 is 0 Å². The van der Waals surface area contributed by atoms with Crippen LogP contribution in [0.3, 0.4) is 0 Å². The maximum Gasteiger partial charge on any atom is 0.119 e. The molecule has 0 atom stereocenters. The van der Waals surface area contributed by atoms with E-state index in [4.69, 9.17) is 0 Å². The van der Waals surface area contributed by atoms with Crippen LogP contribution < -0.4 is 0 Å².